The predicted octanol–water partition coefficient (Wildman–Crippen LogP) is 8.09. The summed E-state index contributed by atoms with van der Waals surface area (Å²) in [7, 11) is 0. The van der Waals surface area contributed by atoms with Crippen molar-refractivity contribution in [2.75, 3.05) is 0 Å². The summed E-state index contributed by atoms with van der Waals surface area (Å²) < 4.78 is 20.4. The molecule has 0 amide bonds. The molecule has 34 heavy (non-hydrogen) atoms. The van der Waals surface area contributed by atoms with Gasteiger partial charge in [0.05, 0.1) is 5.56 Å². The minimum absolute atomic E-state index is 0.0158. The lowest BCUT2D eigenvalue weighted by Gasteiger charge is -2.28. The molecule has 1 saturated carbocycles. The van der Waals surface area contributed by atoms with E-state index in [1.54, 1.807) is 6.07 Å². The van der Waals surface area contributed by atoms with Crippen molar-refractivity contribution in [3.05, 3.63) is 47.5 Å². The number of hydrogen-bond donors (Lipinski definition) is 0. The van der Waals surface area contributed by atoms with Gasteiger partial charge >= 0.3 is 5.97 Å². The van der Waals surface area contributed by atoms with E-state index < -0.39 is 11.8 Å². The molecule has 0 aliphatic heterocycles. The number of carbonyl (C=O) groups excluding carboxylic acids is 1. The fourth-order valence-electron chi connectivity index (χ4n) is 4.82. The van der Waals surface area contributed by atoms with Crippen LogP contribution in [0.4, 0.5) is 4.39 Å². The van der Waals surface area contributed by atoms with Crippen LogP contribution in [0, 0.1) is 11.7 Å². The SMILES string of the molecule is CCCCCCc1cnc(-c2ccc(C(=O)OC3CCC(CCCCCC)CC3)c(F)c2)nc1. The molecule has 0 spiro atoms. The number of aryl methyl sites for hydroxylation is 1. The summed E-state index contributed by atoms with van der Waals surface area (Å²) in [4.78, 5) is 21.4. The van der Waals surface area contributed by atoms with E-state index in [4.69, 9.17) is 4.74 Å². The van der Waals surface area contributed by atoms with Gasteiger partial charge < -0.3 is 4.74 Å². The normalized spacial score (nSPS) is 18.1. The highest BCUT2D eigenvalue weighted by molar-refractivity contribution is 5.90. The van der Waals surface area contributed by atoms with Crippen molar-refractivity contribution in [2.45, 2.75) is 110 Å². The molecule has 1 aliphatic carbocycles. The molecule has 2 aromatic rings. The third-order valence-electron chi connectivity index (χ3n) is 7.00. The lowest BCUT2D eigenvalue weighted by molar-refractivity contribution is 0.0156. The van der Waals surface area contributed by atoms with Gasteiger partial charge in [-0.15, -0.1) is 0 Å². The van der Waals surface area contributed by atoms with Crippen molar-refractivity contribution < 1.29 is 13.9 Å². The van der Waals surface area contributed by atoms with E-state index in [0.717, 1.165) is 50.0 Å². The van der Waals surface area contributed by atoms with Crippen LogP contribution in [-0.4, -0.2) is 22.0 Å². The molecule has 4 nitrogen and oxygen atoms in total. The molecular formula is C29H41FN2O2. The Balaban J connectivity index is 1.48. The zero-order valence-corrected chi connectivity index (χ0v) is 21.0. The van der Waals surface area contributed by atoms with E-state index in [1.807, 2.05) is 12.4 Å². The molecule has 1 heterocycles. The third-order valence-corrected chi connectivity index (χ3v) is 7.00. The molecule has 186 valence electrons. The summed E-state index contributed by atoms with van der Waals surface area (Å²) in [5, 5.41) is 0. The van der Waals surface area contributed by atoms with Gasteiger partial charge in [0.2, 0.25) is 0 Å². The van der Waals surface area contributed by atoms with Crippen LogP contribution in [0.15, 0.2) is 30.6 Å². The second kappa shape index (κ2) is 14.2. The Labute approximate surface area is 204 Å². The second-order valence-corrected chi connectivity index (χ2v) is 9.82. The maximum absolute atomic E-state index is 14.8. The first-order valence-corrected chi connectivity index (χ1v) is 13.4. The number of rotatable bonds is 13. The van der Waals surface area contributed by atoms with Gasteiger partial charge in [0, 0.05) is 18.0 Å². The summed E-state index contributed by atoms with van der Waals surface area (Å²) in [6.07, 6.45) is 19.7. The van der Waals surface area contributed by atoms with Crippen molar-refractivity contribution in [3.63, 3.8) is 0 Å². The topological polar surface area (TPSA) is 52.1 Å². The van der Waals surface area contributed by atoms with E-state index in [2.05, 4.69) is 23.8 Å². The van der Waals surface area contributed by atoms with Crippen LogP contribution in [0.2, 0.25) is 0 Å². The van der Waals surface area contributed by atoms with Crippen LogP contribution in [0.5, 0.6) is 0 Å². The number of benzene rings is 1. The number of hydrogen-bond acceptors (Lipinski definition) is 4. The van der Waals surface area contributed by atoms with Gasteiger partial charge in [0.1, 0.15) is 11.9 Å². The van der Waals surface area contributed by atoms with Gasteiger partial charge in [-0.1, -0.05) is 71.3 Å². The number of esters is 1. The minimum Gasteiger partial charge on any atom is -0.459 e. The quantitative estimate of drug-likeness (QED) is 0.220. The Kier molecular flexibility index (Phi) is 11.0. The van der Waals surface area contributed by atoms with Gasteiger partial charge in [-0.25, -0.2) is 19.2 Å². The van der Waals surface area contributed by atoms with E-state index in [-0.39, 0.29) is 11.7 Å². The maximum atomic E-state index is 14.8. The van der Waals surface area contributed by atoms with E-state index in [0.29, 0.717) is 11.4 Å². The molecule has 0 atom stereocenters. The summed E-state index contributed by atoms with van der Waals surface area (Å²) in [5.74, 6) is 0.0529. The number of unbranched alkanes of at least 4 members (excludes halogenated alkanes) is 6. The summed E-state index contributed by atoms with van der Waals surface area (Å²) in [6, 6.07) is 4.53. The standard InChI is InChI=1S/C29H41FN2O2/c1-3-5-7-9-11-22-13-16-25(17-14-22)34-29(33)26-18-15-24(19-27(26)30)28-31-20-23(21-32-28)12-10-8-6-4-2/h15,18-22,25H,3-14,16-17H2,1-2H3. The average Bonchev–Trinajstić information content (AvgIpc) is 2.86. The molecule has 3 rings (SSSR count). The monoisotopic (exact) mass is 468 g/mol. The second-order valence-electron chi connectivity index (χ2n) is 9.82. The highest BCUT2D eigenvalue weighted by Gasteiger charge is 2.25. The Morgan fingerprint density at radius 1 is 0.941 bits per heavy atom. The fourth-order valence-corrected chi connectivity index (χ4v) is 4.82. The first-order chi connectivity index (χ1) is 16.6. The molecule has 5 heteroatoms. The predicted molar refractivity (Wildman–Crippen MR) is 135 cm³/mol. The fraction of sp³-hybridized carbons (Fsp3) is 0.621. The highest BCUT2D eigenvalue weighted by atomic mass is 19.1. The van der Waals surface area contributed by atoms with E-state index in [1.165, 1.54) is 63.5 Å². The van der Waals surface area contributed by atoms with Crippen molar-refractivity contribution in [3.8, 4) is 11.4 Å². The molecule has 1 aromatic heterocycles. The van der Waals surface area contributed by atoms with Crippen LogP contribution in [0.3, 0.4) is 0 Å². The molecule has 0 saturated heterocycles. The third kappa shape index (κ3) is 8.18. The first-order valence-electron chi connectivity index (χ1n) is 13.4. The van der Waals surface area contributed by atoms with E-state index >= 15 is 0 Å². The Morgan fingerprint density at radius 3 is 2.26 bits per heavy atom. The number of nitrogens with zero attached hydrogens (tertiary/aromatic N) is 2. The van der Waals surface area contributed by atoms with Crippen molar-refractivity contribution in [2.24, 2.45) is 5.92 Å². The summed E-state index contributed by atoms with van der Waals surface area (Å²) in [5.41, 5.74) is 1.64. The molecule has 1 aliphatic rings. The molecule has 0 radical (unpaired) electrons. The molecule has 0 N–H and O–H groups in total. The highest BCUT2D eigenvalue weighted by Crippen LogP contribution is 2.31. The van der Waals surface area contributed by atoms with Crippen LogP contribution in [0.25, 0.3) is 11.4 Å². The van der Waals surface area contributed by atoms with Gasteiger partial charge in [0.25, 0.3) is 0 Å². The molecule has 1 aromatic carbocycles. The summed E-state index contributed by atoms with van der Waals surface area (Å²) in [6.45, 7) is 4.43. The Bertz CT molecular complexity index is 876. The zero-order chi connectivity index (χ0) is 24.2. The number of aromatic nitrogens is 2. The smallest absolute Gasteiger partial charge is 0.341 e. The zero-order valence-electron chi connectivity index (χ0n) is 21.0. The molecular weight excluding hydrogens is 427 g/mol. The maximum Gasteiger partial charge on any atom is 0.341 e. The summed E-state index contributed by atoms with van der Waals surface area (Å²) >= 11 is 0. The minimum atomic E-state index is -0.584. The Morgan fingerprint density at radius 2 is 1.62 bits per heavy atom. The molecule has 0 bridgehead atoms. The number of ether oxygens (including phenoxy) is 1. The average molecular weight is 469 g/mol. The van der Waals surface area contributed by atoms with Crippen molar-refractivity contribution in [1.82, 2.24) is 9.97 Å². The Hall–Kier alpha value is -2.30. The van der Waals surface area contributed by atoms with E-state index in [9.17, 15) is 9.18 Å². The van der Waals surface area contributed by atoms with Crippen LogP contribution < -0.4 is 0 Å². The largest absolute Gasteiger partial charge is 0.459 e. The van der Waals surface area contributed by atoms with Crippen LogP contribution in [-0.2, 0) is 11.2 Å². The van der Waals surface area contributed by atoms with Crippen LogP contribution >= 0.6 is 0 Å². The van der Waals surface area contributed by atoms with Crippen molar-refractivity contribution >= 4 is 5.97 Å². The van der Waals surface area contributed by atoms with Crippen molar-refractivity contribution in [1.29, 1.82) is 0 Å². The van der Waals surface area contributed by atoms with Crippen LogP contribution in [0.1, 0.15) is 113 Å². The lowest BCUT2D eigenvalue weighted by atomic mass is 9.84. The van der Waals surface area contributed by atoms with Gasteiger partial charge in [0.15, 0.2) is 5.82 Å². The number of halogens is 1. The number of carbonyl (C=O) groups is 1. The van der Waals surface area contributed by atoms with Gasteiger partial charge in [-0.05, 0) is 62.1 Å². The van der Waals surface area contributed by atoms with Gasteiger partial charge in [-0.2, -0.15) is 0 Å². The lowest BCUT2D eigenvalue weighted by Crippen LogP contribution is -2.25. The molecule has 1 fully saturated rings. The first kappa shape index (κ1) is 26.3. The van der Waals surface area contributed by atoms with Gasteiger partial charge in [-0.3, -0.25) is 0 Å². The molecule has 0 unspecified atom stereocenters.